The smallest absolute Gasteiger partial charge is 0.328 e. The van der Waals surface area contributed by atoms with Gasteiger partial charge in [-0.3, -0.25) is 14.9 Å². The number of carbonyl (C=O) groups is 2. The third kappa shape index (κ3) is 5.96. The van der Waals surface area contributed by atoms with E-state index in [2.05, 4.69) is 10.1 Å². The Balaban J connectivity index is 2.80. The number of non-ortho nitro benzene ring substituents is 1. The van der Waals surface area contributed by atoms with Gasteiger partial charge < -0.3 is 15.2 Å². The Labute approximate surface area is 140 Å². The zero-order valence-electron chi connectivity index (χ0n) is 13.9. The molecule has 0 saturated heterocycles. The van der Waals surface area contributed by atoms with Crippen molar-refractivity contribution in [3.63, 3.8) is 0 Å². The Morgan fingerprint density at radius 2 is 1.88 bits per heavy atom. The summed E-state index contributed by atoms with van der Waals surface area (Å²) in [6.07, 6.45) is -0.837. The largest absolute Gasteiger partial charge is 0.467 e. The molecule has 1 aromatic carbocycles. The number of ether oxygens (including phenoxy) is 1. The fraction of sp³-hybridized carbons (Fsp3) is 0.500. The molecule has 0 spiro atoms. The van der Waals surface area contributed by atoms with Crippen molar-refractivity contribution < 1.29 is 24.4 Å². The van der Waals surface area contributed by atoms with Crippen molar-refractivity contribution in [1.82, 2.24) is 5.32 Å². The lowest BCUT2D eigenvalue weighted by atomic mass is 10.0. The molecule has 0 aromatic heterocycles. The minimum absolute atomic E-state index is 0.0650. The van der Waals surface area contributed by atoms with E-state index in [-0.39, 0.29) is 24.4 Å². The number of hydrogen-bond acceptors (Lipinski definition) is 6. The van der Waals surface area contributed by atoms with Gasteiger partial charge in [0.05, 0.1) is 12.0 Å². The van der Waals surface area contributed by atoms with Gasteiger partial charge in [-0.25, -0.2) is 4.79 Å². The van der Waals surface area contributed by atoms with E-state index in [4.69, 9.17) is 0 Å². The van der Waals surface area contributed by atoms with Gasteiger partial charge in [0.1, 0.15) is 12.1 Å². The van der Waals surface area contributed by atoms with Gasteiger partial charge in [0.25, 0.3) is 5.69 Å². The van der Waals surface area contributed by atoms with Crippen LogP contribution in [0.2, 0.25) is 0 Å². The second-order valence-electron chi connectivity index (χ2n) is 5.86. The van der Waals surface area contributed by atoms with Gasteiger partial charge in [-0.1, -0.05) is 26.0 Å². The van der Waals surface area contributed by atoms with E-state index >= 15 is 0 Å². The van der Waals surface area contributed by atoms with Crippen molar-refractivity contribution >= 4 is 17.6 Å². The molecule has 2 N–H and O–H groups in total. The number of aliphatic hydroxyl groups is 1. The predicted octanol–water partition coefficient (Wildman–Crippen LogP) is 1.20. The molecular formula is C16H22N2O6. The molecule has 0 aliphatic rings. The highest BCUT2D eigenvalue weighted by Crippen LogP contribution is 2.14. The van der Waals surface area contributed by atoms with E-state index in [0.29, 0.717) is 5.56 Å². The molecule has 132 valence electrons. The lowest BCUT2D eigenvalue weighted by Crippen LogP contribution is -2.47. The number of methoxy groups -OCH3 is 1. The van der Waals surface area contributed by atoms with Crippen LogP contribution in [0.3, 0.4) is 0 Å². The average Bonchev–Trinajstić information content (AvgIpc) is 2.53. The van der Waals surface area contributed by atoms with Crippen LogP contribution in [0, 0.1) is 16.0 Å². The minimum Gasteiger partial charge on any atom is -0.467 e. The monoisotopic (exact) mass is 338 g/mol. The second kappa shape index (κ2) is 8.97. The molecule has 0 aliphatic heterocycles. The van der Waals surface area contributed by atoms with E-state index in [9.17, 15) is 24.8 Å². The van der Waals surface area contributed by atoms with Gasteiger partial charge in [-0.05, 0) is 17.9 Å². The Hall–Kier alpha value is -2.48. The summed E-state index contributed by atoms with van der Waals surface area (Å²) >= 11 is 0. The quantitative estimate of drug-likeness (QED) is 0.418. The molecule has 1 amide bonds. The molecular weight excluding hydrogens is 316 g/mol. The SMILES string of the molecule is COC(=O)[C@@H](Cc1ccc([N+](=O)[O-])cc1)NC(=O)[C@@H](O)CC(C)C. The van der Waals surface area contributed by atoms with Crippen LogP contribution in [-0.2, 0) is 20.7 Å². The predicted molar refractivity (Wildman–Crippen MR) is 86.2 cm³/mol. The zero-order valence-corrected chi connectivity index (χ0v) is 13.9. The summed E-state index contributed by atoms with van der Waals surface area (Å²) in [5, 5.41) is 22.9. The number of hydrogen-bond donors (Lipinski definition) is 2. The fourth-order valence-corrected chi connectivity index (χ4v) is 2.15. The summed E-state index contributed by atoms with van der Waals surface area (Å²) < 4.78 is 4.66. The van der Waals surface area contributed by atoms with Crippen molar-refractivity contribution in [1.29, 1.82) is 0 Å². The first kappa shape index (κ1) is 19.6. The number of nitrogens with zero attached hydrogens (tertiary/aromatic N) is 1. The number of carbonyl (C=O) groups excluding carboxylic acids is 2. The normalized spacial score (nSPS) is 13.2. The van der Waals surface area contributed by atoms with Crippen molar-refractivity contribution in [3.05, 3.63) is 39.9 Å². The summed E-state index contributed by atoms with van der Waals surface area (Å²) in [7, 11) is 1.20. The highest BCUT2D eigenvalue weighted by atomic mass is 16.6. The van der Waals surface area contributed by atoms with E-state index in [0.717, 1.165) is 0 Å². The van der Waals surface area contributed by atoms with Gasteiger partial charge in [-0.15, -0.1) is 0 Å². The molecule has 0 aliphatic carbocycles. The van der Waals surface area contributed by atoms with E-state index in [1.807, 2.05) is 13.8 Å². The summed E-state index contributed by atoms with van der Waals surface area (Å²) in [6.45, 7) is 3.73. The topological polar surface area (TPSA) is 119 Å². The van der Waals surface area contributed by atoms with E-state index in [1.165, 1.54) is 31.4 Å². The second-order valence-corrected chi connectivity index (χ2v) is 5.86. The number of rotatable bonds is 8. The molecule has 0 fully saturated rings. The molecule has 1 rings (SSSR count). The van der Waals surface area contributed by atoms with Crippen LogP contribution in [0.1, 0.15) is 25.8 Å². The first-order valence-corrected chi connectivity index (χ1v) is 7.54. The number of nitro benzene ring substituents is 1. The van der Waals surface area contributed by atoms with Crippen molar-refractivity contribution in [2.45, 2.75) is 38.8 Å². The molecule has 0 saturated carbocycles. The Morgan fingerprint density at radius 1 is 1.29 bits per heavy atom. The van der Waals surface area contributed by atoms with E-state index in [1.54, 1.807) is 0 Å². The number of esters is 1. The minimum atomic E-state index is -1.21. The summed E-state index contributed by atoms with van der Waals surface area (Å²) in [4.78, 5) is 34.0. The van der Waals surface area contributed by atoms with Crippen LogP contribution in [0.15, 0.2) is 24.3 Å². The zero-order chi connectivity index (χ0) is 18.3. The summed E-state index contributed by atoms with van der Waals surface area (Å²) in [6, 6.07) is 4.67. The van der Waals surface area contributed by atoms with Gasteiger partial charge >= 0.3 is 5.97 Å². The maximum Gasteiger partial charge on any atom is 0.328 e. The molecule has 0 unspecified atom stereocenters. The van der Waals surface area contributed by atoms with Crippen LogP contribution in [0.25, 0.3) is 0 Å². The van der Waals surface area contributed by atoms with Crippen molar-refractivity contribution in [3.8, 4) is 0 Å². The molecule has 8 nitrogen and oxygen atoms in total. The first-order chi connectivity index (χ1) is 11.2. The Bertz CT molecular complexity index is 585. The van der Waals surface area contributed by atoms with Crippen LogP contribution in [0.5, 0.6) is 0 Å². The van der Waals surface area contributed by atoms with Crippen molar-refractivity contribution in [2.24, 2.45) is 5.92 Å². The van der Waals surface area contributed by atoms with Crippen LogP contribution in [0.4, 0.5) is 5.69 Å². The van der Waals surface area contributed by atoms with Gasteiger partial charge in [-0.2, -0.15) is 0 Å². The molecule has 1 aromatic rings. The number of benzene rings is 1. The first-order valence-electron chi connectivity index (χ1n) is 7.54. The number of aliphatic hydroxyl groups excluding tert-OH is 1. The van der Waals surface area contributed by atoms with Gasteiger partial charge in [0, 0.05) is 18.6 Å². The van der Waals surface area contributed by atoms with Crippen molar-refractivity contribution in [2.75, 3.05) is 7.11 Å². The summed E-state index contributed by atoms with van der Waals surface area (Å²) in [5.74, 6) is -1.18. The maximum atomic E-state index is 12.0. The van der Waals surface area contributed by atoms with Crippen LogP contribution in [-0.4, -0.2) is 41.2 Å². The highest BCUT2D eigenvalue weighted by molar-refractivity contribution is 5.87. The lowest BCUT2D eigenvalue weighted by Gasteiger charge is -2.19. The van der Waals surface area contributed by atoms with Gasteiger partial charge in [0.2, 0.25) is 5.91 Å². The Morgan fingerprint density at radius 3 is 2.33 bits per heavy atom. The molecule has 0 radical (unpaired) electrons. The molecule has 2 atom stereocenters. The molecule has 0 bridgehead atoms. The number of nitrogens with one attached hydrogen (secondary N) is 1. The average molecular weight is 338 g/mol. The summed E-state index contributed by atoms with van der Waals surface area (Å²) in [5.41, 5.74) is 0.555. The Kier molecular flexibility index (Phi) is 7.31. The highest BCUT2D eigenvalue weighted by Gasteiger charge is 2.26. The third-order valence-corrected chi connectivity index (χ3v) is 3.39. The maximum absolute atomic E-state index is 12.0. The lowest BCUT2D eigenvalue weighted by molar-refractivity contribution is -0.384. The van der Waals surface area contributed by atoms with Gasteiger partial charge in [0.15, 0.2) is 0 Å². The molecule has 24 heavy (non-hydrogen) atoms. The van der Waals surface area contributed by atoms with E-state index < -0.39 is 28.9 Å². The standard InChI is InChI=1S/C16H22N2O6/c1-10(2)8-14(19)15(20)17-13(16(21)24-3)9-11-4-6-12(7-5-11)18(22)23/h4-7,10,13-14,19H,8-9H2,1-3H3,(H,17,20)/t13-,14+/m1/s1. The number of nitro groups is 1. The molecule has 8 heteroatoms. The fourth-order valence-electron chi connectivity index (χ4n) is 2.15. The third-order valence-electron chi connectivity index (χ3n) is 3.39. The molecule has 0 heterocycles. The van der Waals surface area contributed by atoms with Crippen LogP contribution < -0.4 is 5.32 Å². The van der Waals surface area contributed by atoms with Crippen LogP contribution >= 0.6 is 0 Å². The number of amides is 1.